The minimum absolute atomic E-state index is 0.109. The Morgan fingerprint density at radius 2 is 1.68 bits per heavy atom. The number of carbonyl (C=O) groups is 2. The topological polar surface area (TPSA) is 55.9 Å². The molecule has 31 heavy (non-hydrogen) atoms. The molecule has 2 aliphatic heterocycles. The predicted octanol–water partition coefficient (Wildman–Crippen LogP) is 3.49. The van der Waals surface area contributed by atoms with Crippen LogP contribution in [-0.4, -0.2) is 56.0 Å². The average molecular weight is 428 g/mol. The summed E-state index contributed by atoms with van der Waals surface area (Å²) in [5, 5.41) is 2.60. The summed E-state index contributed by atoms with van der Waals surface area (Å²) in [5.41, 5.74) is 1.10. The van der Waals surface area contributed by atoms with Crippen LogP contribution < -0.4 is 15.1 Å². The first-order chi connectivity index (χ1) is 15.0. The van der Waals surface area contributed by atoms with Crippen LogP contribution in [0.2, 0.25) is 0 Å². The number of anilines is 3. The number of rotatable bonds is 5. The standard InChI is InChI=1S/C23H26F2N4O2/c1-2-27-10-12-28(13-11-27)20-7-5-16(14-18(20)24)23(31)26-17-6-8-21(19(25)15-17)29-9-3-4-22(29)30/h5-8,14-15H,2-4,9-13H2,1H3,(H,26,31). The van der Waals surface area contributed by atoms with Crippen molar-refractivity contribution < 1.29 is 18.4 Å². The Labute approximate surface area is 180 Å². The Balaban J connectivity index is 1.43. The first-order valence-electron chi connectivity index (χ1n) is 10.6. The van der Waals surface area contributed by atoms with E-state index in [0.29, 0.717) is 25.1 Å². The van der Waals surface area contributed by atoms with E-state index < -0.39 is 17.5 Å². The first kappa shape index (κ1) is 21.2. The number of halogens is 2. The van der Waals surface area contributed by atoms with Gasteiger partial charge in [-0.15, -0.1) is 0 Å². The molecule has 2 saturated heterocycles. The van der Waals surface area contributed by atoms with E-state index in [2.05, 4.69) is 17.1 Å². The number of nitrogens with zero attached hydrogens (tertiary/aromatic N) is 3. The third-order valence-corrected chi connectivity index (χ3v) is 5.94. The first-order valence-corrected chi connectivity index (χ1v) is 10.6. The number of likely N-dealkylation sites (N-methyl/N-ethyl adjacent to an activating group) is 1. The third kappa shape index (κ3) is 4.54. The summed E-state index contributed by atoms with van der Waals surface area (Å²) < 4.78 is 29.2. The van der Waals surface area contributed by atoms with Crippen molar-refractivity contribution in [2.45, 2.75) is 19.8 Å². The summed E-state index contributed by atoms with van der Waals surface area (Å²) in [7, 11) is 0. The molecular weight excluding hydrogens is 402 g/mol. The zero-order valence-corrected chi connectivity index (χ0v) is 17.5. The van der Waals surface area contributed by atoms with Gasteiger partial charge in [-0.25, -0.2) is 8.78 Å². The summed E-state index contributed by atoms with van der Waals surface area (Å²) in [6, 6.07) is 8.61. The highest BCUT2D eigenvalue weighted by molar-refractivity contribution is 6.04. The van der Waals surface area contributed by atoms with Crippen LogP contribution in [0.1, 0.15) is 30.1 Å². The van der Waals surface area contributed by atoms with Crippen LogP contribution in [0.15, 0.2) is 36.4 Å². The van der Waals surface area contributed by atoms with E-state index in [0.717, 1.165) is 32.7 Å². The SMILES string of the molecule is CCN1CCN(c2ccc(C(=O)Nc3ccc(N4CCCC4=O)c(F)c3)cc2F)CC1. The van der Waals surface area contributed by atoms with Crippen molar-refractivity contribution in [3.05, 3.63) is 53.6 Å². The summed E-state index contributed by atoms with van der Waals surface area (Å²) in [6.07, 6.45) is 1.11. The highest BCUT2D eigenvalue weighted by atomic mass is 19.1. The molecule has 1 N–H and O–H groups in total. The van der Waals surface area contributed by atoms with Gasteiger partial charge in [0.15, 0.2) is 0 Å². The summed E-state index contributed by atoms with van der Waals surface area (Å²) in [4.78, 5) is 30.1. The van der Waals surface area contributed by atoms with Crippen LogP contribution >= 0.6 is 0 Å². The molecular formula is C23H26F2N4O2. The van der Waals surface area contributed by atoms with E-state index in [4.69, 9.17) is 0 Å². The van der Waals surface area contributed by atoms with E-state index in [1.54, 1.807) is 18.2 Å². The molecule has 8 heteroatoms. The molecule has 0 unspecified atom stereocenters. The molecule has 2 amide bonds. The van der Waals surface area contributed by atoms with Gasteiger partial charge in [-0.1, -0.05) is 6.92 Å². The third-order valence-electron chi connectivity index (χ3n) is 5.94. The lowest BCUT2D eigenvalue weighted by atomic mass is 10.1. The maximum atomic E-state index is 14.7. The van der Waals surface area contributed by atoms with Crippen LogP contribution in [0, 0.1) is 11.6 Å². The fraction of sp³-hybridized carbons (Fsp3) is 0.391. The zero-order chi connectivity index (χ0) is 22.0. The van der Waals surface area contributed by atoms with Gasteiger partial charge in [-0.3, -0.25) is 9.59 Å². The minimum Gasteiger partial charge on any atom is -0.367 e. The van der Waals surface area contributed by atoms with Crippen LogP contribution in [0.3, 0.4) is 0 Å². The second-order valence-corrected chi connectivity index (χ2v) is 7.86. The van der Waals surface area contributed by atoms with Gasteiger partial charge >= 0.3 is 0 Å². The molecule has 0 bridgehead atoms. The molecule has 0 spiro atoms. The van der Waals surface area contributed by atoms with Gasteiger partial charge in [0, 0.05) is 50.4 Å². The molecule has 2 aromatic rings. The van der Waals surface area contributed by atoms with Crippen molar-refractivity contribution in [1.82, 2.24) is 4.90 Å². The van der Waals surface area contributed by atoms with Gasteiger partial charge in [0.05, 0.1) is 11.4 Å². The van der Waals surface area contributed by atoms with Crippen LogP contribution in [0.5, 0.6) is 0 Å². The van der Waals surface area contributed by atoms with Gasteiger partial charge in [0.25, 0.3) is 5.91 Å². The number of carbonyl (C=O) groups excluding carboxylic acids is 2. The number of hydrogen-bond donors (Lipinski definition) is 1. The van der Waals surface area contributed by atoms with E-state index in [1.807, 2.05) is 4.90 Å². The lowest BCUT2D eigenvalue weighted by Gasteiger charge is -2.35. The lowest BCUT2D eigenvalue weighted by molar-refractivity contribution is -0.117. The Morgan fingerprint density at radius 3 is 2.29 bits per heavy atom. The Bertz CT molecular complexity index is 990. The summed E-state index contributed by atoms with van der Waals surface area (Å²) in [6.45, 7) is 6.80. The molecule has 4 rings (SSSR count). The normalized spacial score (nSPS) is 17.3. The van der Waals surface area contributed by atoms with Crippen molar-refractivity contribution in [3.8, 4) is 0 Å². The lowest BCUT2D eigenvalue weighted by Crippen LogP contribution is -2.46. The van der Waals surface area contributed by atoms with Gasteiger partial charge < -0.3 is 20.0 Å². The number of hydrogen-bond acceptors (Lipinski definition) is 4. The number of amides is 2. The predicted molar refractivity (Wildman–Crippen MR) is 117 cm³/mol. The average Bonchev–Trinajstić information content (AvgIpc) is 3.19. The number of piperazine rings is 1. The van der Waals surface area contributed by atoms with Crippen LogP contribution in [0.25, 0.3) is 0 Å². The highest BCUT2D eigenvalue weighted by Crippen LogP contribution is 2.27. The van der Waals surface area contributed by atoms with E-state index in [9.17, 15) is 18.4 Å². The van der Waals surface area contributed by atoms with Crippen molar-refractivity contribution in [1.29, 1.82) is 0 Å². The molecule has 2 aromatic carbocycles. The Hall–Kier alpha value is -3.00. The van der Waals surface area contributed by atoms with E-state index in [1.165, 1.54) is 23.1 Å². The van der Waals surface area contributed by atoms with Gasteiger partial charge in [-0.05, 0) is 49.4 Å². The molecule has 0 aromatic heterocycles. The molecule has 164 valence electrons. The summed E-state index contributed by atoms with van der Waals surface area (Å²) >= 11 is 0. The second-order valence-electron chi connectivity index (χ2n) is 7.86. The second kappa shape index (κ2) is 9.01. The van der Waals surface area contributed by atoms with E-state index >= 15 is 0 Å². The van der Waals surface area contributed by atoms with Gasteiger partial charge in [-0.2, -0.15) is 0 Å². The molecule has 0 saturated carbocycles. The minimum atomic E-state index is -0.583. The highest BCUT2D eigenvalue weighted by Gasteiger charge is 2.24. The fourth-order valence-electron chi connectivity index (χ4n) is 4.12. The largest absolute Gasteiger partial charge is 0.367 e. The maximum absolute atomic E-state index is 14.7. The summed E-state index contributed by atoms with van der Waals surface area (Å²) in [5.74, 6) is -1.67. The maximum Gasteiger partial charge on any atom is 0.255 e. The molecule has 6 nitrogen and oxygen atoms in total. The quantitative estimate of drug-likeness (QED) is 0.792. The molecule has 2 aliphatic rings. The van der Waals surface area contributed by atoms with Crippen molar-refractivity contribution >= 4 is 28.9 Å². The van der Waals surface area contributed by atoms with Crippen molar-refractivity contribution in [2.24, 2.45) is 0 Å². The van der Waals surface area contributed by atoms with Crippen LogP contribution in [0.4, 0.5) is 25.8 Å². The number of benzene rings is 2. The van der Waals surface area contributed by atoms with Crippen molar-refractivity contribution in [2.75, 3.05) is 54.4 Å². The van der Waals surface area contributed by atoms with Crippen molar-refractivity contribution in [3.63, 3.8) is 0 Å². The van der Waals surface area contributed by atoms with Gasteiger partial charge in [0.1, 0.15) is 11.6 Å². The molecule has 0 aliphatic carbocycles. The Kier molecular flexibility index (Phi) is 6.18. The smallest absolute Gasteiger partial charge is 0.255 e. The molecule has 0 atom stereocenters. The van der Waals surface area contributed by atoms with Gasteiger partial charge in [0.2, 0.25) is 5.91 Å². The zero-order valence-electron chi connectivity index (χ0n) is 17.5. The fourth-order valence-corrected chi connectivity index (χ4v) is 4.12. The molecule has 2 heterocycles. The monoisotopic (exact) mass is 428 g/mol. The van der Waals surface area contributed by atoms with Crippen LogP contribution in [-0.2, 0) is 4.79 Å². The molecule has 2 fully saturated rings. The van der Waals surface area contributed by atoms with E-state index in [-0.39, 0.29) is 22.8 Å². The number of nitrogens with one attached hydrogen (secondary N) is 1. The molecule has 0 radical (unpaired) electrons. The Morgan fingerprint density at radius 1 is 0.968 bits per heavy atom.